The molecular formula is C10H21NO. The molecule has 2 nitrogen and oxygen atoms in total. The maximum absolute atomic E-state index is 8.67. The lowest BCUT2D eigenvalue weighted by Crippen LogP contribution is -2.37. The molecule has 0 aromatic heterocycles. The molecule has 1 fully saturated rings. The second-order valence-electron chi connectivity index (χ2n) is 4.29. The summed E-state index contributed by atoms with van der Waals surface area (Å²) in [6, 6.07) is 0.649. The number of rotatable bonds is 3. The molecule has 0 aliphatic heterocycles. The van der Waals surface area contributed by atoms with Crippen molar-refractivity contribution in [2.45, 2.75) is 39.2 Å². The van der Waals surface area contributed by atoms with E-state index >= 15 is 0 Å². The Bertz CT molecular complexity index is 117. The Morgan fingerprint density at radius 2 is 1.75 bits per heavy atom. The molecule has 2 unspecified atom stereocenters. The van der Waals surface area contributed by atoms with Crippen molar-refractivity contribution in [1.82, 2.24) is 5.32 Å². The lowest BCUT2D eigenvalue weighted by Gasteiger charge is -2.31. The molecule has 0 heterocycles. The van der Waals surface area contributed by atoms with Crippen molar-refractivity contribution in [2.24, 2.45) is 11.8 Å². The Labute approximate surface area is 75.4 Å². The molecule has 0 aromatic rings. The van der Waals surface area contributed by atoms with Gasteiger partial charge in [-0.05, 0) is 31.1 Å². The molecule has 0 spiro atoms. The van der Waals surface area contributed by atoms with E-state index in [1.165, 1.54) is 19.3 Å². The van der Waals surface area contributed by atoms with Crippen LogP contribution in [-0.2, 0) is 0 Å². The van der Waals surface area contributed by atoms with Crippen LogP contribution in [0, 0.1) is 11.8 Å². The van der Waals surface area contributed by atoms with Crippen LogP contribution in [0.3, 0.4) is 0 Å². The van der Waals surface area contributed by atoms with Crippen molar-refractivity contribution in [1.29, 1.82) is 0 Å². The van der Waals surface area contributed by atoms with E-state index in [9.17, 15) is 0 Å². The van der Waals surface area contributed by atoms with Gasteiger partial charge in [-0.15, -0.1) is 0 Å². The Morgan fingerprint density at radius 1 is 1.17 bits per heavy atom. The lowest BCUT2D eigenvalue weighted by atomic mass is 9.80. The molecule has 0 radical (unpaired) electrons. The molecule has 0 saturated heterocycles. The standard InChI is InChI=1S/C10H21NO/c1-8-5-9(2)7-10(6-8)11-3-4-12/h8-12H,3-7H2,1-2H3. The monoisotopic (exact) mass is 171 g/mol. The topological polar surface area (TPSA) is 32.3 Å². The van der Waals surface area contributed by atoms with E-state index in [-0.39, 0.29) is 6.61 Å². The van der Waals surface area contributed by atoms with Crippen LogP contribution < -0.4 is 5.32 Å². The van der Waals surface area contributed by atoms with Crippen molar-refractivity contribution in [2.75, 3.05) is 13.2 Å². The van der Waals surface area contributed by atoms with Crippen LogP contribution in [0.15, 0.2) is 0 Å². The third-order valence-corrected chi connectivity index (χ3v) is 2.72. The summed E-state index contributed by atoms with van der Waals surface area (Å²) < 4.78 is 0. The normalized spacial score (nSPS) is 36.8. The zero-order valence-corrected chi connectivity index (χ0v) is 8.21. The van der Waals surface area contributed by atoms with E-state index in [0.717, 1.165) is 18.4 Å². The van der Waals surface area contributed by atoms with Gasteiger partial charge in [0.15, 0.2) is 0 Å². The highest BCUT2D eigenvalue weighted by atomic mass is 16.3. The second-order valence-corrected chi connectivity index (χ2v) is 4.29. The third kappa shape index (κ3) is 3.11. The first kappa shape index (κ1) is 10.0. The lowest BCUT2D eigenvalue weighted by molar-refractivity contribution is 0.220. The Balaban J connectivity index is 2.24. The minimum Gasteiger partial charge on any atom is -0.395 e. The molecule has 12 heavy (non-hydrogen) atoms. The van der Waals surface area contributed by atoms with E-state index in [1.807, 2.05) is 0 Å². The molecule has 2 heteroatoms. The molecule has 72 valence electrons. The summed E-state index contributed by atoms with van der Waals surface area (Å²) in [6.45, 7) is 5.66. The van der Waals surface area contributed by atoms with Crippen molar-refractivity contribution >= 4 is 0 Å². The first-order valence-corrected chi connectivity index (χ1v) is 5.06. The van der Waals surface area contributed by atoms with Crippen LogP contribution in [-0.4, -0.2) is 24.3 Å². The fraction of sp³-hybridized carbons (Fsp3) is 1.00. The maximum atomic E-state index is 8.67. The predicted molar refractivity (Wildman–Crippen MR) is 51.1 cm³/mol. The van der Waals surface area contributed by atoms with Crippen molar-refractivity contribution in [3.8, 4) is 0 Å². The Kier molecular flexibility index (Phi) is 4.02. The predicted octanol–water partition coefficient (Wildman–Crippen LogP) is 1.39. The van der Waals surface area contributed by atoms with Gasteiger partial charge in [0.2, 0.25) is 0 Å². The SMILES string of the molecule is CC1CC(C)CC(NCCO)C1. The van der Waals surface area contributed by atoms with Gasteiger partial charge in [0.05, 0.1) is 6.61 Å². The van der Waals surface area contributed by atoms with Gasteiger partial charge >= 0.3 is 0 Å². The van der Waals surface area contributed by atoms with Crippen molar-refractivity contribution < 1.29 is 5.11 Å². The molecule has 2 N–H and O–H groups in total. The largest absolute Gasteiger partial charge is 0.395 e. The van der Waals surface area contributed by atoms with Crippen LogP contribution >= 0.6 is 0 Å². The van der Waals surface area contributed by atoms with E-state index in [0.29, 0.717) is 6.04 Å². The summed E-state index contributed by atoms with van der Waals surface area (Å²) in [5.41, 5.74) is 0. The summed E-state index contributed by atoms with van der Waals surface area (Å²) in [4.78, 5) is 0. The quantitative estimate of drug-likeness (QED) is 0.672. The van der Waals surface area contributed by atoms with Crippen LogP contribution in [0.25, 0.3) is 0 Å². The van der Waals surface area contributed by atoms with Crippen LogP contribution in [0.5, 0.6) is 0 Å². The average molecular weight is 171 g/mol. The highest BCUT2D eigenvalue weighted by Crippen LogP contribution is 2.28. The zero-order valence-electron chi connectivity index (χ0n) is 8.21. The second kappa shape index (κ2) is 4.83. The smallest absolute Gasteiger partial charge is 0.0556 e. The molecule has 1 rings (SSSR count). The van der Waals surface area contributed by atoms with Gasteiger partial charge in [0.1, 0.15) is 0 Å². The zero-order chi connectivity index (χ0) is 8.97. The van der Waals surface area contributed by atoms with Gasteiger partial charge in [-0.1, -0.05) is 13.8 Å². The average Bonchev–Trinajstić information content (AvgIpc) is 1.99. The van der Waals surface area contributed by atoms with Gasteiger partial charge in [0.25, 0.3) is 0 Å². The van der Waals surface area contributed by atoms with Crippen molar-refractivity contribution in [3.63, 3.8) is 0 Å². The number of aliphatic hydroxyl groups excluding tert-OH is 1. The van der Waals surface area contributed by atoms with Gasteiger partial charge < -0.3 is 10.4 Å². The maximum Gasteiger partial charge on any atom is 0.0556 e. The third-order valence-electron chi connectivity index (χ3n) is 2.72. The molecule has 2 atom stereocenters. The summed E-state index contributed by atoms with van der Waals surface area (Å²) in [5.74, 6) is 1.70. The molecule has 1 saturated carbocycles. The van der Waals surface area contributed by atoms with Crippen LogP contribution in [0.4, 0.5) is 0 Å². The van der Waals surface area contributed by atoms with E-state index in [4.69, 9.17) is 5.11 Å². The summed E-state index contributed by atoms with van der Waals surface area (Å²) in [7, 11) is 0. The molecule has 0 aromatic carbocycles. The van der Waals surface area contributed by atoms with E-state index in [1.54, 1.807) is 0 Å². The Morgan fingerprint density at radius 3 is 2.25 bits per heavy atom. The van der Waals surface area contributed by atoms with Gasteiger partial charge in [-0.3, -0.25) is 0 Å². The molecule has 1 aliphatic rings. The first-order chi connectivity index (χ1) is 5.72. The minimum absolute atomic E-state index is 0.263. The first-order valence-electron chi connectivity index (χ1n) is 5.06. The van der Waals surface area contributed by atoms with Crippen molar-refractivity contribution in [3.05, 3.63) is 0 Å². The number of aliphatic hydroxyl groups is 1. The van der Waals surface area contributed by atoms with E-state index < -0.39 is 0 Å². The van der Waals surface area contributed by atoms with Crippen LogP contribution in [0.1, 0.15) is 33.1 Å². The van der Waals surface area contributed by atoms with E-state index in [2.05, 4.69) is 19.2 Å². The number of hydrogen-bond acceptors (Lipinski definition) is 2. The fourth-order valence-corrected chi connectivity index (χ4v) is 2.38. The number of hydrogen-bond donors (Lipinski definition) is 2. The van der Waals surface area contributed by atoms with Gasteiger partial charge in [0, 0.05) is 12.6 Å². The van der Waals surface area contributed by atoms with Crippen LogP contribution in [0.2, 0.25) is 0 Å². The number of nitrogens with one attached hydrogen (secondary N) is 1. The summed E-state index contributed by atoms with van der Waals surface area (Å²) in [5, 5.41) is 12.0. The highest BCUT2D eigenvalue weighted by Gasteiger charge is 2.22. The highest BCUT2D eigenvalue weighted by molar-refractivity contribution is 4.79. The van der Waals surface area contributed by atoms with Gasteiger partial charge in [-0.25, -0.2) is 0 Å². The molecular weight excluding hydrogens is 150 g/mol. The van der Waals surface area contributed by atoms with Gasteiger partial charge in [-0.2, -0.15) is 0 Å². The molecule has 1 aliphatic carbocycles. The molecule has 0 amide bonds. The minimum atomic E-state index is 0.263. The fourth-order valence-electron chi connectivity index (χ4n) is 2.38. The summed E-state index contributed by atoms with van der Waals surface area (Å²) in [6.07, 6.45) is 3.94. The summed E-state index contributed by atoms with van der Waals surface area (Å²) >= 11 is 0. The molecule has 0 bridgehead atoms. The Hall–Kier alpha value is -0.0800.